The van der Waals surface area contributed by atoms with E-state index in [0.717, 1.165) is 16.7 Å². The third kappa shape index (κ3) is 4.49. The van der Waals surface area contributed by atoms with Gasteiger partial charge in [-0.2, -0.15) is 4.57 Å². The Morgan fingerprint density at radius 2 is 1.38 bits per heavy atom. The fraction of sp³-hybridized carbons (Fsp3) is 0. The first-order valence-electron chi connectivity index (χ1n) is 10.6. The Balaban J connectivity index is 1.50. The molecule has 0 N–H and O–H groups in total. The molecule has 0 aliphatic rings. The van der Waals surface area contributed by atoms with Gasteiger partial charge in [-0.25, -0.2) is 0 Å². The molecular formula is C27H19N4O3+. The van der Waals surface area contributed by atoms with Crippen LogP contribution in [-0.4, -0.2) is 15.1 Å². The van der Waals surface area contributed by atoms with Crippen LogP contribution >= 0.6 is 0 Å². The van der Waals surface area contributed by atoms with E-state index in [4.69, 9.17) is 4.42 Å². The van der Waals surface area contributed by atoms with Gasteiger partial charge in [0.2, 0.25) is 5.89 Å². The third-order valence-corrected chi connectivity index (χ3v) is 5.28. The quantitative estimate of drug-likeness (QED) is 0.191. The Hall–Kier alpha value is -4.91. The molecule has 0 saturated carbocycles. The smallest absolute Gasteiger partial charge is 0.314 e. The van der Waals surface area contributed by atoms with E-state index in [1.807, 2.05) is 71.6 Å². The minimum absolute atomic E-state index is 0.00265. The van der Waals surface area contributed by atoms with Crippen molar-refractivity contribution >= 4 is 17.5 Å². The van der Waals surface area contributed by atoms with Crippen LogP contribution in [0, 0.1) is 10.1 Å². The molecule has 164 valence electrons. The molecule has 2 heterocycles. The molecule has 5 rings (SSSR count). The van der Waals surface area contributed by atoms with Crippen molar-refractivity contribution in [2.24, 2.45) is 0 Å². The average Bonchev–Trinajstić information content (AvgIpc) is 3.39. The maximum absolute atomic E-state index is 10.9. The van der Waals surface area contributed by atoms with Crippen LogP contribution in [0.15, 0.2) is 114 Å². The summed E-state index contributed by atoms with van der Waals surface area (Å²) < 4.78 is 7.87. The van der Waals surface area contributed by atoms with Crippen LogP contribution in [0.1, 0.15) is 11.5 Å². The number of non-ortho nitro benzene ring substituents is 1. The molecule has 0 atom stereocenters. The minimum atomic E-state index is -0.445. The number of rotatable bonds is 6. The molecule has 0 aliphatic carbocycles. The summed E-state index contributed by atoms with van der Waals surface area (Å²) in [6.07, 6.45) is 5.78. The molecule has 0 radical (unpaired) electrons. The Morgan fingerprint density at radius 1 is 0.765 bits per heavy atom. The maximum atomic E-state index is 10.9. The molecule has 0 unspecified atom stereocenters. The van der Waals surface area contributed by atoms with Crippen molar-refractivity contribution in [2.75, 3.05) is 0 Å². The molecule has 5 aromatic rings. The van der Waals surface area contributed by atoms with Gasteiger partial charge < -0.3 is 4.42 Å². The van der Waals surface area contributed by atoms with Crippen molar-refractivity contribution in [3.63, 3.8) is 0 Å². The highest BCUT2D eigenvalue weighted by Gasteiger charge is 2.21. The van der Waals surface area contributed by atoms with Crippen molar-refractivity contribution in [1.29, 1.82) is 0 Å². The molecule has 0 fully saturated rings. The van der Waals surface area contributed by atoms with Gasteiger partial charge in [-0.3, -0.25) is 10.1 Å². The fourth-order valence-corrected chi connectivity index (χ4v) is 3.54. The first-order valence-corrected chi connectivity index (χ1v) is 10.6. The summed E-state index contributed by atoms with van der Waals surface area (Å²) in [5.74, 6) is 0.614. The van der Waals surface area contributed by atoms with Gasteiger partial charge in [-0.05, 0) is 28.8 Å². The molecule has 34 heavy (non-hydrogen) atoms. The summed E-state index contributed by atoms with van der Waals surface area (Å²) in [6, 6.07) is 30.2. The van der Waals surface area contributed by atoms with E-state index in [2.05, 4.69) is 34.5 Å². The van der Waals surface area contributed by atoms with Gasteiger partial charge in [0.05, 0.1) is 4.92 Å². The summed E-state index contributed by atoms with van der Waals surface area (Å²) in [7, 11) is 0. The highest BCUT2D eigenvalue weighted by molar-refractivity contribution is 5.74. The predicted molar refractivity (Wildman–Crippen MR) is 128 cm³/mol. The Kier molecular flexibility index (Phi) is 5.73. The standard InChI is InChI=1S/C27H19N4O3/c32-31(33)24-15-13-23(14-16-24)26-28-29-27(34-26)25(30-17-5-2-6-18-30)19-20-9-11-22(12-10-20)21-7-3-1-4-8-21/h1-19H/q+1/b25-19-. The van der Waals surface area contributed by atoms with Gasteiger partial charge in [-0.15, -0.1) is 10.2 Å². The molecule has 3 aromatic carbocycles. The monoisotopic (exact) mass is 447 g/mol. The van der Waals surface area contributed by atoms with Gasteiger partial charge in [0.1, 0.15) is 0 Å². The first kappa shape index (κ1) is 21.0. The molecule has 0 bridgehead atoms. The summed E-state index contributed by atoms with van der Waals surface area (Å²) in [4.78, 5) is 10.5. The van der Waals surface area contributed by atoms with Crippen LogP contribution in [0.5, 0.6) is 0 Å². The molecule has 0 amide bonds. The van der Waals surface area contributed by atoms with Crippen LogP contribution in [-0.2, 0) is 0 Å². The van der Waals surface area contributed by atoms with E-state index < -0.39 is 4.92 Å². The largest absolute Gasteiger partial charge is 0.411 e. The van der Waals surface area contributed by atoms with Gasteiger partial charge >= 0.3 is 5.89 Å². The lowest BCUT2D eigenvalue weighted by Gasteiger charge is -2.02. The molecule has 7 nitrogen and oxygen atoms in total. The molecule has 0 spiro atoms. The van der Waals surface area contributed by atoms with Gasteiger partial charge in [0.15, 0.2) is 12.4 Å². The first-order chi connectivity index (χ1) is 16.7. The molecule has 2 aromatic heterocycles. The number of nitrogens with zero attached hydrogens (tertiary/aromatic N) is 4. The lowest BCUT2D eigenvalue weighted by Crippen LogP contribution is -2.31. The highest BCUT2D eigenvalue weighted by atomic mass is 16.6. The average molecular weight is 447 g/mol. The van der Waals surface area contributed by atoms with Crippen LogP contribution in [0.4, 0.5) is 5.69 Å². The second-order valence-corrected chi connectivity index (χ2v) is 7.52. The van der Waals surface area contributed by atoms with Crippen molar-refractivity contribution in [3.8, 4) is 22.6 Å². The third-order valence-electron chi connectivity index (χ3n) is 5.28. The number of hydrogen-bond acceptors (Lipinski definition) is 5. The second-order valence-electron chi connectivity index (χ2n) is 7.52. The molecular weight excluding hydrogens is 428 g/mol. The van der Waals surface area contributed by atoms with E-state index in [-0.39, 0.29) is 11.6 Å². The van der Waals surface area contributed by atoms with Gasteiger partial charge in [0.25, 0.3) is 11.4 Å². The second kappa shape index (κ2) is 9.30. The van der Waals surface area contributed by atoms with E-state index in [1.165, 1.54) is 12.1 Å². The predicted octanol–water partition coefficient (Wildman–Crippen LogP) is 5.65. The summed E-state index contributed by atoms with van der Waals surface area (Å²) in [5, 5.41) is 19.3. The van der Waals surface area contributed by atoms with Crippen molar-refractivity contribution in [1.82, 2.24) is 10.2 Å². The zero-order chi connectivity index (χ0) is 23.3. The topological polar surface area (TPSA) is 85.9 Å². The maximum Gasteiger partial charge on any atom is 0.314 e. The van der Waals surface area contributed by atoms with Crippen LogP contribution < -0.4 is 4.57 Å². The van der Waals surface area contributed by atoms with Crippen molar-refractivity contribution < 1.29 is 13.9 Å². The molecule has 0 aliphatic heterocycles. The van der Waals surface area contributed by atoms with Crippen LogP contribution in [0.2, 0.25) is 0 Å². The van der Waals surface area contributed by atoms with E-state index in [0.29, 0.717) is 17.2 Å². The minimum Gasteiger partial charge on any atom is -0.411 e. The number of nitro benzene ring substituents is 1. The van der Waals surface area contributed by atoms with Crippen LogP contribution in [0.3, 0.4) is 0 Å². The van der Waals surface area contributed by atoms with Crippen molar-refractivity contribution in [3.05, 3.63) is 131 Å². The van der Waals surface area contributed by atoms with E-state index >= 15 is 0 Å². The number of aromatic nitrogens is 3. The SMILES string of the molecule is O=[N+]([O-])c1ccc(-c2nnc(/C(=C/c3ccc(-c4ccccc4)cc3)[n+]3ccccc3)o2)cc1. The summed E-state index contributed by atoms with van der Waals surface area (Å²) in [6.45, 7) is 0. The van der Waals surface area contributed by atoms with Gasteiger partial charge in [-0.1, -0.05) is 60.7 Å². The highest BCUT2D eigenvalue weighted by Crippen LogP contribution is 2.25. The molecule has 7 heteroatoms. The summed E-state index contributed by atoms with van der Waals surface area (Å²) >= 11 is 0. The Bertz CT molecular complexity index is 1440. The number of nitro groups is 1. The lowest BCUT2D eigenvalue weighted by atomic mass is 10.0. The zero-order valence-electron chi connectivity index (χ0n) is 18.0. The van der Waals surface area contributed by atoms with Gasteiger partial charge in [0, 0.05) is 35.9 Å². The van der Waals surface area contributed by atoms with Crippen molar-refractivity contribution in [2.45, 2.75) is 0 Å². The number of hydrogen-bond donors (Lipinski definition) is 0. The number of pyridine rings is 1. The Morgan fingerprint density at radius 3 is 2.06 bits per heavy atom. The number of benzene rings is 3. The fourth-order valence-electron chi connectivity index (χ4n) is 3.54. The van der Waals surface area contributed by atoms with E-state index in [9.17, 15) is 10.1 Å². The summed E-state index contributed by atoms with van der Waals surface area (Å²) in [5.41, 5.74) is 4.57. The zero-order valence-corrected chi connectivity index (χ0v) is 18.0. The Labute approximate surface area is 195 Å². The molecule has 0 saturated heterocycles. The van der Waals surface area contributed by atoms with Crippen LogP contribution in [0.25, 0.3) is 34.4 Å². The lowest BCUT2D eigenvalue weighted by molar-refractivity contribution is -0.579. The van der Waals surface area contributed by atoms with E-state index in [1.54, 1.807) is 12.1 Å². The normalized spacial score (nSPS) is 11.4.